The van der Waals surface area contributed by atoms with Crippen LogP contribution in [0.5, 0.6) is 0 Å². The lowest BCUT2D eigenvalue weighted by Gasteiger charge is -2.23. The maximum atomic E-state index is 11.1. The van der Waals surface area contributed by atoms with E-state index in [0.717, 1.165) is 0 Å². The van der Waals surface area contributed by atoms with Crippen molar-refractivity contribution in [3.8, 4) is 12.1 Å². The number of nitrogens with two attached hydrogens (primary N) is 1. The Labute approximate surface area is 141 Å². The van der Waals surface area contributed by atoms with Crippen LogP contribution >= 0.6 is 11.8 Å². The summed E-state index contributed by atoms with van der Waals surface area (Å²) in [7, 11) is 0. The van der Waals surface area contributed by atoms with Crippen molar-refractivity contribution in [2.75, 3.05) is 12.4 Å². The number of nitro groups is 1. The van der Waals surface area contributed by atoms with Crippen molar-refractivity contribution in [2.24, 2.45) is 16.6 Å². The van der Waals surface area contributed by atoms with Crippen LogP contribution in [0.15, 0.2) is 24.3 Å². The van der Waals surface area contributed by atoms with E-state index in [1.165, 1.54) is 23.9 Å². The molecule has 2 heterocycles. The number of hydrogen-bond acceptors (Lipinski definition) is 7. The van der Waals surface area contributed by atoms with Crippen molar-refractivity contribution in [2.45, 2.75) is 11.0 Å². The van der Waals surface area contributed by atoms with Gasteiger partial charge in [0, 0.05) is 23.8 Å². The van der Waals surface area contributed by atoms with Gasteiger partial charge in [0.15, 0.2) is 10.8 Å². The second-order valence-electron chi connectivity index (χ2n) is 5.98. The molecule has 4 atom stereocenters. The third-order valence-electron chi connectivity index (χ3n) is 5.11. The van der Waals surface area contributed by atoms with Crippen LogP contribution in [0.4, 0.5) is 5.69 Å². The van der Waals surface area contributed by atoms with Gasteiger partial charge < -0.3 is 4.74 Å². The smallest absolute Gasteiger partial charge is 0.277 e. The van der Waals surface area contributed by atoms with Crippen LogP contribution < -0.4 is 10.7 Å². The average molecular weight is 342 g/mol. The van der Waals surface area contributed by atoms with Gasteiger partial charge >= 0.3 is 0 Å². The SMILES string of the molecule is N#C[C@@]12[C@H](c3cccc([N+](=O)[O-])c3)[C@]1(C#N)C(N)=[NH+][C@@]21OCCS1. The predicted molar refractivity (Wildman–Crippen MR) is 83.2 cm³/mol. The zero-order valence-corrected chi connectivity index (χ0v) is 13.2. The fourth-order valence-corrected chi connectivity index (χ4v) is 5.49. The Bertz CT molecular complexity index is 882. The Hall–Kier alpha value is -2.62. The molecule has 120 valence electrons. The number of amidine groups is 1. The number of nitrogens with one attached hydrogen (secondary N) is 1. The van der Waals surface area contributed by atoms with E-state index in [1.807, 2.05) is 0 Å². The summed E-state index contributed by atoms with van der Waals surface area (Å²) in [5, 5.41) is 29.8. The molecule has 1 aromatic carbocycles. The van der Waals surface area contributed by atoms with Gasteiger partial charge in [-0.1, -0.05) is 23.9 Å². The van der Waals surface area contributed by atoms with Gasteiger partial charge in [-0.15, -0.1) is 0 Å². The highest BCUT2D eigenvalue weighted by atomic mass is 32.2. The Morgan fingerprint density at radius 3 is 2.83 bits per heavy atom. The molecule has 0 bridgehead atoms. The molecule has 1 saturated heterocycles. The van der Waals surface area contributed by atoms with Crippen LogP contribution in [0.3, 0.4) is 0 Å². The molecule has 0 amide bonds. The van der Waals surface area contributed by atoms with E-state index < -0.39 is 26.7 Å². The highest BCUT2D eigenvalue weighted by molar-refractivity contribution is 8.00. The molecular weight excluding hydrogens is 330 g/mol. The molecule has 3 aliphatic rings. The fourth-order valence-electron chi connectivity index (χ4n) is 4.14. The number of ether oxygens (including phenoxy) is 1. The van der Waals surface area contributed by atoms with Gasteiger partial charge in [-0.25, -0.2) is 4.99 Å². The molecule has 1 aromatic rings. The van der Waals surface area contributed by atoms with Crippen LogP contribution in [0.25, 0.3) is 0 Å². The predicted octanol–water partition coefficient (Wildman–Crippen LogP) is -0.419. The number of thioether (sulfide) groups is 1. The van der Waals surface area contributed by atoms with Crippen LogP contribution in [-0.2, 0) is 4.74 Å². The van der Waals surface area contributed by atoms with E-state index in [0.29, 0.717) is 17.9 Å². The van der Waals surface area contributed by atoms with Crippen LogP contribution in [0, 0.1) is 43.6 Å². The standard InChI is InChI=1S/C15H11N5O3S/c16-7-13-11(9-2-1-3-10(6-9)20(21)22)14(13,8-17)15(19-12(13)18)23-4-5-24-15/h1-3,6,11H,4-5H2,(H2,18,19)/p+1/t11-,13-,14-,15-/m1/s1. The third-order valence-corrected chi connectivity index (χ3v) is 6.43. The van der Waals surface area contributed by atoms with Crippen molar-refractivity contribution >= 4 is 23.3 Å². The van der Waals surface area contributed by atoms with E-state index in [-0.39, 0.29) is 11.5 Å². The summed E-state index contributed by atoms with van der Waals surface area (Å²) in [6, 6.07) is 10.5. The quantitative estimate of drug-likeness (QED) is 0.549. The molecule has 8 nitrogen and oxygen atoms in total. The lowest BCUT2D eigenvalue weighted by molar-refractivity contribution is -0.583. The fraction of sp³-hybridized carbons (Fsp3) is 0.400. The molecule has 0 aromatic heterocycles. The van der Waals surface area contributed by atoms with E-state index in [9.17, 15) is 20.6 Å². The van der Waals surface area contributed by atoms with Crippen LogP contribution in [-0.4, -0.2) is 28.2 Å². The molecule has 1 spiro atoms. The molecule has 2 fully saturated rings. The highest BCUT2D eigenvalue weighted by Gasteiger charge is 2.96. The monoisotopic (exact) mass is 342 g/mol. The first-order valence-electron chi connectivity index (χ1n) is 7.25. The number of non-ortho nitro benzene ring substituents is 1. The molecule has 24 heavy (non-hydrogen) atoms. The van der Waals surface area contributed by atoms with Crippen LogP contribution in [0.1, 0.15) is 11.5 Å². The molecular formula is C15H12N5O3S+. The molecule has 0 radical (unpaired) electrons. The minimum atomic E-state index is -1.26. The Morgan fingerprint density at radius 2 is 2.25 bits per heavy atom. The summed E-state index contributed by atoms with van der Waals surface area (Å²) in [4.78, 5) is 13.6. The van der Waals surface area contributed by atoms with Crippen molar-refractivity contribution < 1.29 is 14.7 Å². The topological polar surface area (TPSA) is 140 Å². The zero-order valence-electron chi connectivity index (χ0n) is 12.4. The summed E-state index contributed by atoms with van der Waals surface area (Å²) in [6.45, 7) is 0.442. The molecule has 9 heteroatoms. The maximum Gasteiger partial charge on any atom is 0.277 e. The van der Waals surface area contributed by atoms with Gasteiger partial charge in [-0.2, -0.15) is 10.5 Å². The van der Waals surface area contributed by atoms with Crippen LogP contribution in [0.2, 0.25) is 0 Å². The number of nitro benzene ring substituents is 1. The molecule has 1 saturated carbocycles. The number of fused-ring (bicyclic) bond motifs is 2. The second kappa shape index (κ2) is 4.47. The van der Waals surface area contributed by atoms with Crippen molar-refractivity contribution in [1.29, 1.82) is 10.5 Å². The van der Waals surface area contributed by atoms with Crippen molar-refractivity contribution in [3.05, 3.63) is 39.9 Å². The van der Waals surface area contributed by atoms with Gasteiger partial charge in [-0.05, 0) is 5.56 Å². The number of rotatable bonds is 2. The van der Waals surface area contributed by atoms with E-state index >= 15 is 0 Å². The summed E-state index contributed by atoms with van der Waals surface area (Å²) >= 11 is 1.41. The maximum absolute atomic E-state index is 11.1. The minimum Gasteiger partial charge on any atom is -0.327 e. The number of nitrogens with zero attached hydrogens (tertiary/aromatic N) is 3. The van der Waals surface area contributed by atoms with Gasteiger partial charge in [0.1, 0.15) is 0 Å². The van der Waals surface area contributed by atoms with Gasteiger partial charge in [-0.3, -0.25) is 15.8 Å². The minimum absolute atomic E-state index is 0.0840. The zero-order chi connectivity index (χ0) is 17.2. The number of nitriles is 2. The van der Waals surface area contributed by atoms with Crippen molar-refractivity contribution in [1.82, 2.24) is 0 Å². The normalized spacial score (nSPS) is 38.9. The Balaban J connectivity index is 1.91. The van der Waals surface area contributed by atoms with E-state index in [2.05, 4.69) is 17.1 Å². The molecule has 4 rings (SSSR count). The average Bonchev–Trinajstić information content (AvgIpc) is 2.84. The number of hydrogen-bond donors (Lipinski definition) is 2. The largest absolute Gasteiger partial charge is 0.327 e. The first-order valence-corrected chi connectivity index (χ1v) is 8.23. The first-order chi connectivity index (χ1) is 11.5. The lowest BCUT2D eigenvalue weighted by atomic mass is 9.95. The van der Waals surface area contributed by atoms with Crippen molar-refractivity contribution in [3.63, 3.8) is 0 Å². The van der Waals surface area contributed by atoms with E-state index in [4.69, 9.17) is 10.5 Å². The highest BCUT2D eigenvalue weighted by Crippen LogP contribution is 2.80. The van der Waals surface area contributed by atoms with E-state index in [1.54, 1.807) is 12.1 Å². The van der Waals surface area contributed by atoms with Gasteiger partial charge in [0.05, 0.1) is 23.7 Å². The molecule has 1 aliphatic carbocycles. The van der Waals surface area contributed by atoms with Gasteiger partial charge in [0.25, 0.3) is 16.6 Å². The lowest BCUT2D eigenvalue weighted by Crippen LogP contribution is -2.88. The summed E-state index contributed by atoms with van der Waals surface area (Å²) < 4.78 is 5.82. The number of benzene rings is 1. The second-order valence-corrected chi connectivity index (χ2v) is 7.25. The Kier molecular flexibility index (Phi) is 2.78. The summed E-state index contributed by atoms with van der Waals surface area (Å²) in [6.07, 6.45) is 0. The molecule has 2 aliphatic heterocycles. The third kappa shape index (κ3) is 1.36. The summed E-state index contributed by atoms with van der Waals surface area (Å²) in [5.41, 5.74) is 4.11. The first kappa shape index (κ1) is 14.9. The molecule has 0 unspecified atom stereocenters. The summed E-state index contributed by atoms with van der Waals surface area (Å²) in [5.74, 6) is 0.288. The van der Waals surface area contributed by atoms with Gasteiger partial charge in [0.2, 0.25) is 0 Å². The molecule has 3 N–H and O–H groups in total. The Morgan fingerprint density at radius 1 is 1.46 bits per heavy atom.